The Bertz CT molecular complexity index is 748. The molecular weight excluding hydrogens is 349 g/mol. The zero-order chi connectivity index (χ0) is 17.8. The van der Waals surface area contributed by atoms with Crippen molar-refractivity contribution in [1.29, 1.82) is 0 Å². The van der Waals surface area contributed by atoms with Gasteiger partial charge < -0.3 is 14.7 Å². The van der Waals surface area contributed by atoms with Crippen molar-refractivity contribution in [3.63, 3.8) is 0 Å². The van der Waals surface area contributed by atoms with Crippen LogP contribution in [0.4, 0.5) is 4.39 Å². The standard InChI is InChI=1S/C17H19ClFN3O3/c18-16-7-15(20-21-16)17(24)22(8-11-2-1-3-11)9-12-4-5-13(25-10-23)6-14(12)19/h4-7,11,23H,1-3,8-10H2,(H,20,21). The summed E-state index contributed by atoms with van der Waals surface area (Å²) in [7, 11) is 0. The molecule has 0 bridgehead atoms. The van der Waals surface area contributed by atoms with E-state index in [4.69, 9.17) is 21.4 Å². The van der Waals surface area contributed by atoms with Crippen LogP contribution in [0.1, 0.15) is 35.3 Å². The highest BCUT2D eigenvalue weighted by Gasteiger charge is 2.26. The number of aliphatic hydroxyl groups excluding tert-OH is 1. The van der Waals surface area contributed by atoms with Crippen LogP contribution in [0, 0.1) is 11.7 Å². The van der Waals surface area contributed by atoms with Gasteiger partial charge in [-0.1, -0.05) is 24.1 Å². The molecule has 1 aromatic heterocycles. The SMILES string of the molecule is O=C(c1cc(Cl)[nH]n1)N(Cc1ccc(OCO)cc1F)CC1CCC1. The van der Waals surface area contributed by atoms with Crippen molar-refractivity contribution in [2.45, 2.75) is 25.8 Å². The highest BCUT2D eigenvalue weighted by atomic mass is 35.5. The first-order valence-corrected chi connectivity index (χ1v) is 8.47. The number of carbonyl (C=O) groups is 1. The van der Waals surface area contributed by atoms with Crippen LogP contribution in [0.25, 0.3) is 0 Å². The number of aliphatic hydroxyl groups is 1. The predicted octanol–water partition coefficient (Wildman–Crippen LogP) is 2.97. The molecule has 134 valence electrons. The van der Waals surface area contributed by atoms with E-state index in [2.05, 4.69) is 10.2 Å². The first-order valence-electron chi connectivity index (χ1n) is 8.09. The molecule has 1 saturated carbocycles. The molecule has 25 heavy (non-hydrogen) atoms. The summed E-state index contributed by atoms with van der Waals surface area (Å²) in [5, 5.41) is 15.5. The number of carbonyl (C=O) groups excluding carboxylic acids is 1. The van der Waals surface area contributed by atoms with Gasteiger partial charge in [0.15, 0.2) is 12.5 Å². The Morgan fingerprint density at radius 2 is 2.24 bits per heavy atom. The minimum atomic E-state index is -0.523. The van der Waals surface area contributed by atoms with E-state index in [1.54, 1.807) is 17.0 Å². The van der Waals surface area contributed by atoms with Crippen LogP contribution < -0.4 is 4.74 Å². The zero-order valence-electron chi connectivity index (χ0n) is 13.5. The molecule has 0 saturated heterocycles. The van der Waals surface area contributed by atoms with Crippen molar-refractivity contribution in [3.8, 4) is 5.75 Å². The monoisotopic (exact) mass is 367 g/mol. The summed E-state index contributed by atoms with van der Waals surface area (Å²) in [4.78, 5) is 14.3. The molecule has 1 aromatic carbocycles. The average Bonchev–Trinajstić information content (AvgIpc) is 2.97. The second kappa shape index (κ2) is 7.84. The number of halogens is 2. The molecule has 1 fully saturated rings. The Balaban J connectivity index is 1.78. The molecule has 0 unspecified atom stereocenters. The van der Waals surface area contributed by atoms with Gasteiger partial charge in [-0.05, 0) is 24.8 Å². The number of aromatic nitrogens is 2. The molecule has 0 atom stereocenters. The van der Waals surface area contributed by atoms with Crippen molar-refractivity contribution in [1.82, 2.24) is 15.1 Å². The molecule has 3 rings (SSSR count). The maximum Gasteiger partial charge on any atom is 0.274 e. The first kappa shape index (κ1) is 17.7. The second-order valence-electron chi connectivity index (χ2n) is 6.11. The van der Waals surface area contributed by atoms with E-state index in [0.717, 1.165) is 19.3 Å². The lowest BCUT2D eigenvalue weighted by atomic mass is 9.85. The van der Waals surface area contributed by atoms with Crippen LogP contribution in [0.15, 0.2) is 24.3 Å². The minimum Gasteiger partial charge on any atom is -0.468 e. The van der Waals surface area contributed by atoms with Crippen molar-refractivity contribution in [2.75, 3.05) is 13.3 Å². The number of benzene rings is 1. The number of hydrogen-bond donors (Lipinski definition) is 2. The molecule has 2 aromatic rings. The molecule has 0 aliphatic heterocycles. The molecule has 1 aliphatic carbocycles. The van der Waals surface area contributed by atoms with E-state index in [1.807, 2.05) is 0 Å². The largest absolute Gasteiger partial charge is 0.468 e. The van der Waals surface area contributed by atoms with Gasteiger partial charge in [-0.25, -0.2) is 4.39 Å². The van der Waals surface area contributed by atoms with Gasteiger partial charge in [0.1, 0.15) is 16.7 Å². The minimum absolute atomic E-state index is 0.130. The molecule has 6 nitrogen and oxygen atoms in total. The van der Waals surface area contributed by atoms with Crippen LogP contribution in [0.3, 0.4) is 0 Å². The number of H-pyrrole nitrogens is 1. The fraction of sp³-hybridized carbons (Fsp3) is 0.412. The van der Waals surface area contributed by atoms with Gasteiger partial charge in [0.2, 0.25) is 0 Å². The van der Waals surface area contributed by atoms with E-state index >= 15 is 0 Å². The Morgan fingerprint density at radius 3 is 2.80 bits per heavy atom. The molecule has 1 aliphatic rings. The first-order chi connectivity index (χ1) is 12.1. The molecule has 0 spiro atoms. The number of amides is 1. The molecular formula is C17H19ClFN3O3. The number of nitrogens with one attached hydrogen (secondary N) is 1. The molecule has 2 N–H and O–H groups in total. The fourth-order valence-corrected chi connectivity index (χ4v) is 2.95. The van der Waals surface area contributed by atoms with Gasteiger partial charge in [-0.2, -0.15) is 5.10 Å². The van der Waals surface area contributed by atoms with Crippen molar-refractivity contribution in [2.24, 2.45) is 5.92 Å². The maximum atomic E-state index is 14.3. The van der Waals surface area contributed by atoms with Crippen molar-refractivity contribution >= 4 is 17.5 Å². The summed E-state index contributed by atoms with van der Waals surface area (Å²) in [6.07, 6.45) is 3.29. The smallest absolute Gasteiger partial charge is 0.274 e. The van der Waals surface area contributed by atoms with Gasteiger partial charge in [0.25, 0.3) is 5.91 Å². The normalized spacial score (nSPS) is 14.2. The predicted molar refractivity (Wildman–Crippen MR) is 89.8 cm³/mol. The third-order valence-corrected chi connectivity index (χ3v) is 4.57. The Labute approximate surface area is 149 Å². The molecule has 1 heterocycles. The fourth-order valence-electron chi connectivity index (χ4n) is 2.80. The van der Waals surface area contributed by atoms with Gasteiger partial charge in [-0.3, -0.25) is 9.89 Å². The summed E-state index contributed by atoms with van der Waals surface area (Å²) in [6.45, 7) is 0.160. The molecule has 0 radical (unpaired) electrons. The number of nitrogens with zero attached hydrogens (tertiary/aromatic N) is 2. The van der Waals surface area contributed by atoms with E-state index in [-0.39, 0.29) is 29.0 Å². The second-order valence-corrected chi connectivity index (χ2v) is 6.52. The summed E-state index contributed by atoms with van der Waals surface area (Å²) in [5.41, 5.74) is 0.588. The van der Waals surface area contributed by atoms with Crippen molar-refractivity contribution in [3.05, 3.63) is 46.5 Å². The van der Waals surface area contributed by atoms with E-state index in [0.29, 0.717) is 18.0 Å². The number of aromatic amines is 1. The highest BCUT2D eigenvalue weighted by Crippen LogP contribution is 2.29. The maximum absolute atomic E-state index is 14.3. The lowest BCUT2D eigenvalue weighted by Crippen LogP contribution is -2.37. The Kier molecular flexibility index (Phi) is 5.55. The van der Waals surface area contributed by atoms with Crippen LogP contribution >= 0.6 is 11.6 Å². The number of ether oxygens (including phenoxy) is 1. The third kappa shape index (κ3) is 4.29. The Hall–Kier alpha value is -2.12. The van der Waals surface area contributed by atoms with Crippen molar-refractivity contribution < 1.29 is 19.0 Å². The van der Waals surface area contributed by atoms with Gasteiger partial charge in [-0.15, -0.1) is 0 Å². The summed E-state index contributed by atoms with van der Waals surface area (Å²) >= 11 is 5.80. The highest BCUT2D eigenvalue weighted by molar-refractivity contribution is 6.29. The lowest BCUT2D eigenvalue weighted by Gasteiger charge is -2.32. The third-order valence-electron chi connectivity index (χ3n) is 4.37. The zero-order valence-corrected chi connectivity index (χ0v) is 14.3. The summed E-state index contributed by atoms with van der Waals surface area (Å²) in [5.74, 6) is -0.110. The van der Waals surface area contributed by atoms with Gasteiger partial charge >= 0.3 is 0 Å². The topological polar surface area (TPSA) is 78.5 Å². The van der Waals surface area contributed by atoms with E-state index in [1.165, 1.54) is 12.1 Å². The Morgan fingerprint density at radius 1 is 1.44 bits per heavy atom. The van der Waals surface area contributed by atoms with Crippen LogP contribution in [0.5, 0.6) is 5.75 Å². The number of rotatable bonds is 7. The lowest BCUT2D eigenvalue weighted by molar-refractivity contribution is 0.0671. The van der Waals surface area contributed by atoms with Gasteiger partial charge in [0, 0.05) is 30.8 Å². The summed E-state index contributed by atoms with van der Waals surface area (Å²) < 4.78 is 19.2. The average molecular weight is 368 g/mol. The molecule has 1 amide bonds. The summed E-state index contributed by atoms with van der Waals surface area (Å²) in [6, 6.07) is 5.78. The molecule has 8 heteroatoms. The van der Waals surface area contributed by atoms with Crippen LogP contribution in [-0.2, 0) is 6.54 Å². The van der Waals surface area contributed by atoms with Crippen LogP contribution in [0.2, 0.25) is 5.15 Å². The number of hydrogen-bond acceptors (Lipinski definition) is 4. The van der Waals surface area contributed by atoms with Crippen LogP contribution in [-0.4, -0.2) is 39.4 Å². The van der Waals surface area contributed by atoms with E-state index < -0.39 is 12.6 Å². The van der Waals surface area contributed by atoms with E-state index in [9.17, 15) is 9.18 Å². The van der Waals surface area contributed by atoms with Gasteiger partial charge in [0.05, 0.1) is 0 Å². The quantitative estimate of drug-likeness (QED) is 0.737.